The van der Waals surface area contributed by atoms with E-state index in [0.717, 1.165) is 11.8 Å². The molecule has 0 aromatic heterocycles. The highest BCUT2D eigenvalue weighted by atomic mass is 32.2. The molecule has 2 unspecified atom stereocenters. The van der Waals surface area contributed by atoms with Crippen LogP contribution < -0.4 is 5.73 Å². The summed E-state index contributed by atoms with van der Waals surface area (Å²) in [4.78, 5) is 2.69. The van der Waals surface area contributed by atoms with E-state index in [2.05, 4.69) is 37.4 Å². The summed E-state index contributed by atoms with van der Waals surface area (Å²) in [5.74, 6) is 1.28. The van der Waals surface area contributed by atoms with Crippen molar-refractivity contribution in [3.05, 3.63) is 0 Å². The van der Waals surface area contributed by atoms with Crippen molar-refractivity contribution in [2.45, 2.75) is 50.8 Å². The van der Waals surface area contributed by atoms with Crippen molar-refractivity contribution in [2.75, 3.05) is 25.4 Å². The molecule has 3 heteroatoms. The first-order valence-electron chi connectivity index (χ1n) is 6.62. The maximum atomic E-state index is 6.10. The van der Waals surface area contributed by atoms with E-state index in [1.165, 1.54) is 38.1 Å². The van der Waals surface area contributed by atoms with Crippen molar-refractivity contribution in [2.24, 2.45) is 11.1 Å². The zero-order valence-corrected chi connectivity index (χ0v) is 11.8. The molecule has 1 heterocycles. The van der Waals surface area contributed by atoms with E-state index in [1.807, 2.05) is 0 Å². The summed E-state index contributed by atoms with van der Waals surface area (Å²) in [5, 5.41) is 0.821. The van der Waals surface area contributed by atoms with E-state index in [9.17, 15) is 0 Å². The van der Waals surface area contributed by atoms with Crippen LogP contribution in [0.25, 0.3) is 0 Å². The largest absolute Gasteiger partial charge is 0.329 e. The van der Waals surface area contributed by atoms with Crippen LogP contribution in [0.2, 0.25) is 0 Å². The minimum atomic E-state index is 0.237. The van der Waals surface area contributed by atoms with E-state index in [1.54, 1.807) is 0 Å². The summed E-state index contributed by atoms with van der Waals surface area (Å²) in [6, 6.07) is 0. The second-order valence-electron chi connectivity index (χ2n) is 5.89. The van der Waals surface area contributed by atoms with Gasteiger partial charge in [-0.3, -0.25) is 4.90 Å². The van der Waals surface area contributed by atoms with Gasteiger partial charge in [-0.05, 0) is 31.6 Å². The predicted octanol–water partition coefficient (Wildman–Crippen LogP) is 2.33. The molecule has 1 saturated carbocycles. The SMILES string of the molecule is CCC1CN(C(C)(CN)C2(C)CC2)CCS1. The van der Waals surface area contributed by atoms with Gasteiger partial charge in [-0.1, -0.05) is 13.8 Å². The summed E-state index contributed by atoms with van der Waals surface area (Å²) in [7, 11) is 0. The maximum Gasteiger partial charge on any atom is 0.0357 e. The normalized spacial score (nSPS) is 33.4. The van der Waals surface area contributed by atoms with Gasteiger partial charge < -0.3 is 5.73 Å². The van der Waals surface area contributed by atoms with Gasteiger partial charge in [-0.25, -0.2) is 0 Å². The molecule has 1 saturated heterocycles. The molecule has 0 radical (unpaired) electrons. The second-order valence-corrected chi connectivity index (χ2v) is 7.29. The van der Waals surface area contributed by atoms with Gasteiger partial charge in [0.05, 0.1) is 0 Å². The highest BCUT2D eigenvalue weighted by Gasteiger charge is 2.55. The summed E-state index contributed by atoms with van der Waals surface area (Å²) < 4.78 is 0. The Bertz CT molecular complexity index is 252. The summed E-state index contributed by atoms with van der Waals surface area (Å²) in [5.41, 5.74) is 6.83. The first-order valence-corrected chi connectivity index (χ1v) is 7.67. The van der Waals surface area contributed by atoms with Crippen molar-refractivity contribution in [1.82, 2.24) is 4.90 Å². The van der Waals surface area contributed by atoms with Crippen LogP contribution in [0.4, 0.5) is 0 Å². The third kappa shape index (κ3) is 2.02. The average molecular weight is 242 g/mol. The van der Waals surface area contributed by atoms with E-state index < -0.39 is 0 Å². The van der Waals surface area contributed by atoms with Crippen molar-refractivity contribution in [3.8, 4) is 0 Å². The van der Waals surface area contributed by atoms with Crippen LogP contribution in [0.15, 0.2) is 0 Å². The highest BCUT2D eigenvalue weighted by molar-refractivity contribution is 8.00. The van der Waals surface area contributed by atoms with Gasteiger partial charge in [0.25, 0.3) is 0 Å². The van der Waals surface area contributed by atoms with Gasteiger partial charge in [0.15, 0.2) is 0 Å². The fourth-order valence-electron chi connectivity index (χ4n) is 2.90. The number of nitrogens with zero attached hydrogens (tertiary/aromatic N) is 1. The van der Waals surface area contributed by atoms with Crippen LogP contribution >= 0.6 is 11.8 Å². The zero-order chi connectivity index (χ0) is 11.8. The molecule has 2 N–H and O–H groups in total. The van der Waals surface area contributed by atoms with Crippen molar-refractivity contribution in [1.29, 1.82) is 0 Å². The minimum absolute atomic E-state index is 0.237. The lowest BCUT2D eigenvalue weighted by molar-refractivity contribution is 0.0503. The number of thioether (sulfide) groups is 1. The molecule has 0 amide bonds. The fraction of sp³-hybridized carbons (Fsp3) is 1.00. The minimum Gasteiger partial charge on any atom is -0.329 e. The molecule has 0 aromatic carbocycles. The molecule has 2 atom stereocenters. The molecule has 16 heavy (non-hydrogen) atoms. The van der Waals surface area contributed by atoms with E-state index in [4.69, 9.17) is 5.73 Å². The number of nitrogens with two attached hydrogens (primary N) is 1. The first-order chi connectivity index (χ1) is 7.55. The quantitative estimate of drug-likeness (QED) is 0.820. The van der Waals surface area contributed by atoms with Crippen LogP contribution in [0.1, 0.15) is 40.0 Å². The summed E-state index contributed by atoms with van der Waals surface area (Å²) in [6.07, 6.45) is 4.01. The van der Waals surface area contributed by atoms with Gasteiger partial charge in [0.1, 0.15) is 0 Å². The summed E-state index contributed by atoms with van der Waals surface area (Å²) in [6.45, 7) is 10.4. The van der Waals surface area contributed by atoms with E-state index >= 15 is 0 Å². The lowest BCUT2D eigenvalue weighted by Gasteiger charge is -2.49. The maximum absolute atomic E-state index is 6.10. The standard InChI is InChI=1S/C13H26N2S/c1-4-11-9-15(7-8-16-11)13(3,10-14)12(2)5-6-12/h11H,4-10,14H2,1-3H3. The Morgan fingerprint density at radius 3 is 2.69 bits per heavy atom. The number of hydrogen-bond donors (Lipinski definition) is 1. The summed E-state index contributed by atoms with van der Waals surface area (Å²) >= 11 is 2.14. The Labute approximate surface area is 104 Å². The Hall–Kier alpha value is 0.270. The van der Waals surface area contributed by atoms with Crippen molar-refractivity contribution in [3.63, 3.8) is 0 Å². The molecule has 2 fully saturated rings. The molecule has 0 aromatic rings. The Morgan fingerprint density at radius 1 is 1.50 bits per heavy atom. The smallest absolute Gasteiger partial charge is 0.0357 e. The van der Waals surface area contributed by atoms with Gasteiger partial charge in [0.2, 0.25) is 0 Å². The Kier molecular flexibility index (Phi) is 3.58. The van der Waals surface area contributed by atoms with Crippen LogP contribution in [0.3, 0.4) is 0 Å². The molecular weight excluding hydrogens is 216 g/mol. The van der Waals surface area contributed by atoms with Gasteiger partial charge in [0, 0.05) is 36.2 Å². The molecule has 0 bridgehead atoms. The second kappa shape index (κ2) is 4.51. The zero-order valence-electron chi connectivity index (χ0n) is 11.0. The van der Waals surface area contributed by atoms with E-state index in [0.29, 0.717) is 5.41 Å². The fourth-order valence-corrected chi connectivity index (χ4v) is 4.08. The number of rotatable bonds is 4. The molecule has 2 aliphatic rings. The number of hydrogen-bond acceptors (Lipinski definition) is 3. The lowest BCUT2D eigenvalue weighted by atomic mass is 9.81. The molecule has 2 rings (SSSR count). The monoisotopic (exact) mass is 242 g/mol. The highest BCUT2D eigenvalue weighted by Crippen LogP contribution is 2.56. The van der Waals surface area contributed by atoms with Gasteiger partial charge >= 0.3 is 0 Å². The van der Waals surface area contributed by atoms with Crippen LogP contribution in [-0.2, 0) is 0 Å². The lowest BCUT2D eigenvalue weighted by Crippen LogP contribution is -2.60. The van der Waals surface area contributed by atoms with Crippen LogP contribution in [0.5, 0.6) is 0 Å². The van der Waals surface area contributed by atoms with Gasteiger partial charge in [-0.2, -0.15) is 11.8 Å². The third-order valence-electron chi connectivity index (χ3n) is 4.99. The van der Waals surface area contributed by atoms with Crippen LogP contribution in [-0.4, -0.2) is 41.1 Å². The Morgan fingerprint density at radius 2 is 2.19 bits per heavy atom. The first kappa shape index (κ1) is 12.7. The van der Waals surface area contributed by atoms with Crippen molar-refractivity contribution >= 4 is 11.8 Å². The molecular formula is C13H26N2S. The van der Waals surface area contributed by atoms with Gasteiger partial charge in [-0.15, -0.1) is 0 Å². The topological polar surface area (TPSA) is 29.3 Å². The molecule has 0 spiro atoms. The van der Waals surface area contributed by atoms with E-state index in [-0.39, 0.29) is 5.54 Å². The third-order valence-corrected chi connectivity index (χ3v) is 6.36. The predicted molar refractivity (Wildman–Crippen MR) is 72.9 cm³/mol. The molecule has 2 nitrogen and oxygen atoms in total. The molecule has 1 aliphatic heterocycles. The molecule has 94 valence electrons. The van der Waals surface area contributed by atoms with Crippen molar-refractivity contribution < 1.29 is 0 Å². The Balaban J connectivity index is 2.09. The average Bonchev–Trinajstić information content (AvgIpc) is 3.08. The van der Waals surface area contributed by atoms with Crippen LogP contribution in [0, 0.1) is 5.41 Å². The molecule has 1 aliphatic carbocycles.